The summed E-state index contributed by atoms with van der Waals surface area (Å²) in [6.45, 7) is 0. The van der Waals surface area contributed by atoms with E-state index in [2.05, 4.69) is 0 Å². The maximum atomic E-state index is 11.6. The molecule has 1 aliphatic carbocycles. The Morgan fingerprint density at radius 2 is 1.56 bits per heavy atom. The summed E-state index contributed by atoms with van der Waals surface area (Å²) in [6.07, 6.45) is 2.86. The Morgan fingerprint density at radius 1 is 0.938 bits per heavy atom. The van der Waals surface area contributed by atoms with Crippen LogP contribution < -0.4 is 9.47 Å². The quantitative estimate of drug-likeness (QED) is 0.705. The van der Waals surface area contributed by atoms with Crippen molar-refractivity contribution in [1.82, 2.24) is 0 Å². The van der Waals surface area contributed by atoms with Gasteiger partial charge >= 0.3 is 0 Å². The second-order valence-corrected chi connectivity index (χ2v) is 3.32. The van der Waals surface area contributed by atoms with Gasteiger partial charge in [0.1, 0.15) is 0 Å². The lowest BCUT2D eigenvalue weighted by atomic mass is 9.95. The summed E-state index contributed by atoms with van der Waals surface area (Å²) in [5, 5.41) is 0. The zero-order chi connectivity index (χ0) is 11.7. The third kappa shape index (κ3) is 1.48. The summed E-state index contributed by atoms with van der Waals surface area (Å²) in [5.74, 6) is -0.0519. The van der Waals surface area contributed by atoms with Gasteiger partial charge in [-0.25, -0.2) is 0 Å². The maximum Gasteiger partial charge on any atom is 0.233 e. The van der Waals surface area contributed by atoms with E-state index in [1.54, 1.807) is 12.1 Å². The molecule has 0 heterocycles. The Balaban J connectivity index is 2.63. The molecule has 0 aromatic heterocycles. The van der Waals surface area contributed by atoms with E-state index in [1.165, 1.54) is 26.4 Å². The Bertz CT molecular complexity index is 500. The second kappa shape index (κ2) is 3.81. The molecule has 2 rings (SSSR count). The molecule has 1 aliphatic rings. The van der Waals surface area contributed by atoms with E-state index in [0.29, 0.717) is 22.6 Å². The number of methoxy groups -OCH3 is 2. The van der Waals surface area contributed by atoms with Gasteiger partial charge in [-0.15, -0.1) is 0 Å². The van der Waals surface area contributed by atoms with Gasteiger partial charge in [0, 0.05) is 5.56 Å². The van der Waals surface area contributed by atoms with E-state index in [0.717, 1.165) is 0 Å². The van der Waals surface area contributed by atoms with Crippen molar-refractivity contribution in [3.8, 4) is 11.5 Å². The highest BCUT2D eigenvalue weighted by Crippen LogP contribution is 2.32. The predicted octanol–water partition coefficient (Wildman–Crippen LogP) is 1.48. The van der Waals surface area contributed by atoms with Crippen LogP contribution in [0.25, 0.3) is 6.08 Å². The van der Waals surface area contributed by atoms with Crippen molar-refractivity contribution in [2.45, 2.75) is 0 Å². The van der Waals surface area contributed by atoms with Gasteiger partial charge < -0.3 is 9.47 Å². The standard InChI is InChI=1S/C12H10O4/c1-15-10-5-7-3-4-9(13)12(14)8(7)6-11(10)16-2/h3-6H,1-2H3. The van der Waals surface area contributed by atoms with Gasteiger partial charge in [-0.3, -0.25) is 9.59 Å². The minimum Gasteiger partial charge on any atom is -0.493 e. The van der Waals surface area contributed by atoms with Crippen molar-refractivity contribution in [3.05, 3.63) is 29.3 Å². The third-order valence-electron chi connectivity index (χ3n) is 2.44. The molecule has 0 unspecified atom stereocenters. The molecule has 0 saturated carbocycles. The Hall–Kier alpha value is -2.10. The van der Waals surface area contributed by atoms with Gasteiger partial charge in [0.05, 0.1) is 14.2 Å². The van der Waals surface area contributed by atoms with Crippen molar-refractivity contribution in [3.63, 3.8) is 0 Å². The van der Waals surface area contributed by atoms with Crippen LogP contribution in [0.3, 0.4) is 0 Å². The number of ether oxygens (including phenoxy) is 2. The number of hydrogen-bond donors (Lipinski definition) is 0. The number of Topliss-reactive ketones (excluding diaryl/α,β-unsaturated/α-hetero) is 1. The van der Waals surface area contributed by atoms with Crippen molar-refractivity contribution in [2.24, 2.45) is 0 Å². The molecule has 0 atom stereocenters. The smallest absolute Gasteiger partial charge is 0.233 e. The molecule has 0 N–H and O–H groups in total. The van der Waals surface area contributed by atoms with E-state index in [-0.39, 0.29) is 0 Å². The van der Waals surface area contributed by atoms with Crippen molar-refractivity contribution in [2.75, 3.05) is 14.2 Å². The van der Waals surface area contributed by atoms with Crippen molar-refractivity contribution >= 4 is 17.6 Å². The van der Waals surface area contributed by atoms with Crippen LogP contribution in [0.2, 0.25) is 0 Å². The Kier molecular flexibility index (Phi) is 2.48. The average molecular weight is 218 g/mol. The number of fused-ring (bicyclic) bond motifs is 1. The van der Waals surface area contributed by atoms with Crippen molar-refractivity contribution in [1.29, 1.82) is 0 Å². The van der Waals surface area contributed by atoms with E-state index >= 15 is 0 Å². The van der Waals surface area contributed by atoms with E-state index in [9.17, 15) is 9.59 Å². The normalized spacial score (nSPS) is 13.6. The highest BCUT2D eigenvalue weighted by atomic mass is 16.5. The predicted molar refractivity (Wildman–Crippen MR) is 57.9 cm³/mol. The zero-order valence-electron chi connectivity index (χ0n) is 8.94. The number of allylic oxidation sites excluding steroid dienone is 1. The number of carbonyl (C=O) groups is 2. The van der Waals surface area contributed by atoms with Gasteiger partial charge in [0.2, 0.25) is 11.6 Å². The van der Waals surface area contributed by atoms with Crippen LogP contribution in [0.15, 0.2) is 18.2 Å². The van der Waals surface area contributed by atoms with E-state index in [4.69, 9.17) is 9.47 Å². The molecule has 0 spiro atoms. The largest absolute Gasteiger partial charge is 0.493 e. The topological polar surface area (TPSA) is 52.6 Å². The highest BCUT2D eigenvalue weighted by molar-refractivity contribution is 6.50. The number of ketones is 2. The first-order valence-corrected chi connectivity index (χ1v) is 4.70. The Morgan fingerprint density at radius 3 is 2.19 bits per heavy atom. The fourth-order valence-electron chi connectivity index (χ4n) is 1.60. The van der Waals surface area contributed by atoms with E-state index in [1.807, 2.05) is 0 Å². The summed E-state index contributed by atoms with van der Waals surface area (Å²) in [5.41, 5.74) is 1.02. The lowest BCUT2D eigenvalue weighted by Gasteiger charge is -2.13. The molecule has 82 valence electrons. The number of benzene rings is 1. The fourth-order valence-corrected chi connectivity index (χ4v) is 1.60. The van der Waals surface area contributed by atoms with Crippen LogP contribution in [0.4, 0.5) is 0 Å². The van der Waals surface area contributed by atoms with E-state index < -0.39 is 11.6 Å². The Labute approximate surface area is 92.5 Å². The van der Waals surface area contributed by atoms with Crippen LogP contribution in [0, 0.1) is 0 Å². The summed E-state index contributed by atoms with van der Waals surface area (Å²) in [6, 6.07) is 3.20. The second-order valence-electron chi connectivity index (χ2n) is 3.32. The molecule has 1 aromatic carbocycles. The van der Waals surface area contributed by atoms with Gasteiger partial charge in [0.15, 0.2) is 11.5 Å². The van der Waals surface area contributed by atoms with Crippen LogP contribution in [0.5, 0.6) is 11.5 Å². The molecule has 16 heavy (non-hydrogen) atoms. The third-order valence-corrected chi connectivity index (χ3v) is 2.44. The molecule has 0 bridgehead atoms. The molecule has 0 fully saturated rings. The summed E-state index contributed by atoms with van der Waals surface area (Å²) >= 11 is 0. The SMILES string of the molecule is COc1cc2c(cc1OC)C(=O)C(=O)C=C2. The lowest BCUT2D eigenvalue weighted by Crippen LogP contribution is -2.16. The summed E-state index contributed by atoms with van der Waals surface area (Å²) in [4.78, 5) is 22.8. The average Bonchev–Trinajstić information content (AvgIpc) is 2.32. The molecular formula is C12H10O4. The van der Waals surface area contributed by atoms with Gasteiger partial charge in [-0.1, -0.05) is 6.08 Å². The van der Waals surface area contributed by atoms with Crippen LogP contribution >= 0.6 is 0 Å². The number of carbonyl (C=O) groups excluding carboxylic acids is 2. The lowest BCUT2D eigenvalue weighted by molar-refractivity contribution is -0.110. The van der Waals surface area contributed by atoms with Gasteiger partial charge in [-0.05, 0) is 23.8 Å². The minimum absolute atomic E-state index is 0.352. The van der Waals surface area contributed by atoms with Crippen molar-refractivity contribution < 1.29 is 19.1 Å². The molecule has 0 amide bonds. The maximum absolute atomic E-state index is 11.6. The minimum atomic E-state index is -0.515. The molecule has 0 radical (unpaired) electrons. The van der Waals surface area contributed by atoms with Gasteiger partial charge in [-0.2, -0.15) is 0 Å². The van der Waals surface area contributed by atoms with Crippen LogP contribution in [-0.2, 0) is 4.79 Å². The first kappa shape index (κ1) is 10.4. The van der Waals surface area contributed by atoms with Crippen LogP contribution in [-0.4, -0.2) is 25.8 Å². The molecule has 4 heteroatoms. The molecule has 0 aliphatic heterocycles. The summed E-state index contributed by atoms with van der Waals surface area (Å²) in [7, 11) is 3.00. The van der Waals surface area contributed by atoms with Crippen LogP contribution in [0.1, 0.15) is 15.9 Å². The first-order valence-electron chi connectivity index (χ1n) is 4.70. The molecule has 1 aromatic rings. The number of rotatable bonds is 2. The highest BCUT2D eigenvalue weighted by Gasteiger charge is 2.23. The van der Waals surface area contributed by atoms with Gasteiger partial charge in [0.25, 0.3) is 0 Å². The number of hydrogen-bond acceptors (Lipinski definition) is 4. The zero-order valence-corrected chi connectivity index (χ0v) is 8.94. The summed E-state index contributed by atoms with van der Waals surface area (Å²) < 4.78 is 10.2. The fraction of sp³-hybridized carbons (Fsp3) is 0.167. The molecular weight excluding hydrogens is 208 g/mol. The first-order chi connectivity index (χ1) is 7.67. The molecule has 4 nitrogen and oxygen atoms in total. The molecule has 0 saturated heterocycles. The monoisotopic (exact) mass is 218 g/mol.